The van der Waals surface area contributed by atoms with Crippen molar-refractivity contribution in [2.45, 2.75) is 44.4 Å². The van der Waals surface area contributed by atoms with Gasteiger partial charge in [-0.25, -0.2) is 4.98 Å². The molecule has 0 aliphatic carbocycles. The zero-order valence-corrected chi connectivity index (χ0v) is 14.6. The molecule has 3 fully saturated rings. The molecule has 0 spiro atoms. The third kappa shape index (κ3) is 2.90. The van der Waals surface area contributed by atoms with Crippen LogP contribution in [-0.2, 0) is 16.0 Å². The Hall–Kier alpha value is -0.950. The number of nitrogens with zero attached hydrogens (tertiary/aromatic N) is 3. The highest BCUT2D eigenvalue weighted by Crippen LogP contribution is 2.44. The molecule has 1 N–H and O–H groups in total. The molecule has 0 saturated carbocycles. The summed E-state index contributed by atoms with van der Waals surface area (Å²) in [7, 11) is 0. The van der Waals surface area contributed by atoms with Gasteiger partial charge in [-0.15, -0.1) is 0 Å². The van der Waals surface area contributed by atoms with Crippen molar-refractivity contribution in [3.63, 3.8) is 0 Å². The summed E-state index contributed by atoms with van der Waals surface area (Å²) in [5, 5.41) is 11.3. The number of piperidine rings is 1. The Labute approximate surface area is 143 Å². The van der Waals surface area contributed by atoms with Gasteiger partial charge in [0.2, 0.25) is 0 Å². The van der Waals surface area contributed by atoms with Gasteiger partial charge in [0.25, 0.3) is 0 Å². The van der Waals surface area contributed by atoms with Gasteiger partial charge in [0.05, 0.1) is 18.8 Å². The lowest BCUT2D eigenvalue weighted by molar-refractivity contribution is -0.219. The van der Waals surface area contributed by atoms with E-state index in [1.165, 1.54) is 0 Å². The summed E-state index contributed by atoms with van der Waals surface area (Å²) in [4.78, 5) is 6.88. The highest BCUT2D eigenvalue weighted by atomic mass is 16.5. The van der Waals surface area contributed by atoms with Gasteiger partial charge < -0.3 is 19.1 Å². The maximum absolute atomic E-state index is 11.3. The number of aryl methyl sites for hydroxylation is 2. The summed E-state index contributed by atoms with van der Waals surface area (Å²) in [5.41, 5.74) is -0.596. The minimum atomic E-state index is -0.596. The van der Waals surface area contributed by atoms with Crippen LogP contribution in [0.15, 0.2) is 12.4 Å². The lowest BCUT2D eigenvalue weighted by atomic mass is 9.66. The van der Waals surface area contributed by atoms with Gasteiger partial charge in [-0.05, 0) is 19.8 Å². The molecular weight excluding hydrogens is 306 g/mol. The Morgan fingerprint density at radius 1 is 1.29 bits per heavy atom. The molecule has 134 valence electrons. The Bertz CT molecular complexity index is 563. The highest BCUT2D eigenvalue weighted by molar-refractivity contribution is 5.06. The molecule has 0 bridgehead atoms. The molecule has 4 heterocycles. The van der Waals surface area contributed by atoms with Crippen LogP contribution in [-0.4, -0.2) is 70.7 Å². The Kier molecular flexibility index (Phi) is 4.64. The van der Waals surface area contributed by atoms with Crippen LogP contribution in [0.4, 0.5) is 0 Å². The number of fused-ring (bicyclic) bond motifs is 3. The van der Waals surface area contributed by atoms with E-state index in [0.717, 1.165) is 51.3 Å². The van der Waals surface area contributed by atoms with Crippen LogP contribution in [0.2, 0.25) is 0 Å². The van der Waals surface area contributed by atoms with Crippen LogP contribution in [0, 0.1) is 18.8 Å². The molecule has 1 aromatic rings. The number of ether oxygens (including phenoxy) is 2. The minimum Gasteiger partial charge on any atom is -0.389 e. The smallest absolute Gasteiger partial charge is 0.105 e. The highest BCUT2D eigenvalue weighted by Gasteiger charge is 2.54. The molecule has 0 unspecified atom stereocenters. The molecule has 3 aliphatic heterocycles. The summed E-state index contributed by atoms with van der Waals surface area (Å²) in [6, 6.07) is 0.446. The van der Waals surface area contributed by atoms with Crippen molar-refractivity contribution in [2.24, 2.45) is 11.8 Å². The van der Waals surface area contributed by atoms with Crippen LogP contribution in [0.1, 0.15) is 25.1 Å². The van der Waals surface area contributed by atoms with E-state index in [-0.39, 0.29) is 11.8 Å². The fourth-order valence-electron chi connectivity index (χ4n) is 4.91. The number of rotatable bonds is 4. The zero-order chi connectivity index (χ0) is 16.6. The lowest BCUT2D eigenvalue weighted by Crippen LogP contribution is -2.68. The van der Waals surface area contributed by atoms with Gasteiger partial charge >= 0.3 is 0 Å². The normalized spacial score (nSPS) is 37.0. The largest absolute Gasteiger partial charge is 0.389 e. The summed E-state index contributed by atoms with van der Waals surface area (Å²) in [5.74, 6) is 1.51. The molecule has 4 rings (SSSR count). The monoisotopic (exact) mass is 335 g/mol. The van der Waals surface area contributed by atoms with Gasteiger partial charge in [-0.2, -0.15) is 0 Å². The predicted molar refractivity (Wildman–Crippen MR) is 89.7 cm³/mol. The predicted octanol–water partition coefficient (Wildman–Crippen LogP) is 1.07. The second kappa shape index (κ2) is 6.75. The number of hydrogen-bond acceptors (Lipinski definition) is 5. The molecule has 0 radical (unpaired) electrons. The van der Waals surface area contributed by atoms with Gasteiger partial charge in [0, 0.05) is 69.5 Å². The molecule has 0 amide bonds. The summed E-state index contributed by atoms with van der Waals surface area (Å²) >= 11 is 0. The number of hydrogen-bond donors (Lipinski definition) is 1. The number of imidazole rings is 1. The van der Waals surface area contributed by atoms with Crippen molar-refractivity contribution in [1.82, 2.24) is 14.5 Å². The van der Waals surface area contributed by atoms with Gasteiger partial charge in [0.1, 0.15) is 5.82 Å². The topological polar surface area (TPSA) is 59.8 Å². The fraction of sp³-hybridized carbons (Fsp3) is 0.833. The number of aromatic nitrogens is 2. The van der Waals surface area contributed by atoms with Crippen molar-refractivity contribution in [3.05, 3.63) is 18.2 Å². The second-order valence-electron chi connectivity index (χ2n) is 7.57. The first-order valence-electron chi connectivity index (χ1n) is 9.28. The van der Waals surface area contributed by atoms with Crippen molar-refractivity contribution in [3.8, 4) is 0 Å². The fourth-order valence-corrected chi connectivity index (χ4v) is 4.91. The van der Waals surface area contributed by atoms with E-state index in [4.69, 9.17) is 9.47 Å². The van der Waals surface area contributed by atoms with Crippen molar-refractivity contribution in [1.29, 1.82) is 0 Å². The quantitative estimate of drug-likeness (QED) is 0.892. The third-order valence-corrected chi connectivity index (χ3v) is 6.33. The molecule has 3 aliphatic rings. The summed E-state index contributed by atoms with van der Waals surface area (Å²) in [6.07, 6.45) is 6.81. The first-order valence-corrected chi connectivity index (χ1v) is 9.28. The Morgan fingerprint density at radius 2 is 2.17 bits per heavy atom. The Balaban J connectivity index is 1.43. The lowest BCUT2D eigenvalue weighted by Gasteiger charge is -2.57. The van der Waals surface area contributed by atoms with E-state index in [0.29, 0.717) is 25.9 Å². The van der Waals surface area contributed by atoms with Gasteiger partial charge in [-0.3, -0.25) is 4.90 Å². The molecule has 0 aromatic carbocycles. The van der Waals surface area contributed by atoms with Gasteiger partial charge in [-0.1, -0.05) is 0 Å². The van der Waals surface area contributed by atoms with E-state index in [2.05, 4.69) is 27.6 Å². The molecule has 6 heteroatoms. The van der Waals surface area contributed by atoms with Crippen LogP contribution in [0.25, 0.3) is 0 Å². The SMILES string of the molecule is Cc1nccn1CCCN1C[C@H]2COCC[C@@]2(O)[C@@H]2COCC[C@@H]21. The standard InChI is InChI=1S/C18H29N3O3/c1-14-19-5-8-20(14)6-2-7-21-11-15-12-24-10-4-18(15,22)16-13-23-9-3-17(16)21/h5,8,15-17,22H,2-4,6-7,9-13H2,1H3/t15-,16+,17-,18-/m0/s1. The van der Waals surface area contributed by atoms with Gasteiger partial charge in [0.15, 0.2) is 0 Å². The van der Waals surface area contributed by atoms with Crippen LogP contribution in [0.3, 0.4) is 0 Å². The van der Waals surface area contributed by atoms with Crippen molar-refractivity contribution < 1.29 is 14.6 Å². The summed E-state index contributed by atoms with van der Waals surface area (Å²) in [6.45, 7) is 7.92. The molecule has 3 saturated heterocycles. The van der Waals surface area contributed by atoms with E-state index in [1.807, 2.05) is 6.20 Å². The van der Waals surface area contributed by atoms with Crippen LogP contribution in [0.5, 0.6) is 0 Å². The van der Waals surface area contributed by atoms with E-state index in [9.17, 15) is 5.11 Å². The van der Waals surface area contributed by atoms with Crippen LogP contribution >= 0.6 is 0 Å². The van der Waals surface area contributed by atoms with E-state index < -0.39 is 5.60 Å². The molecule has 1 aromatic heterocycles. The first-order chi connectivity index (χ1) is 11.7. The molecular formula is C18H29N3O3. The first kappa shape index (κ1) is 16.5. The van der Waals surface area contributed by atoms with Crippen molar-refractivity contribution in [2.75, 3.05) is 39.5 Å². The average molecular weight is 335 g/mol. The van der Waals surface area contributed by atoms with E-state index >= 15 is 0 Å². The van der Waals surface area contributed by atoms with Crippen LogP contribution < -0.4 is 0 Å². The minimum absolute atomic E-state index is 0.212. The molecule has 6 nitrogen and oxygen atoms in total. The average Bonchev–Trinajstić information content (AvgIpc) is 3.01. The zero-order valence-electron chi connectivity index (χ0n) is 14.6. The number of likely N-dealkylation sites (tertiary alicyclic amines) is 1. The van der Waals surface area contributed by atoms with E-state index in [1.54, 1.807) is 0 Å². The molecule has 24 heavy (non-hydrogen) atoms. The number of aliphatic hydroxyl groups is 1. The maximum Gasteiger partial charge on any atom is 0.105 e. The van der Waals surface area contributed by atoms with Crippen molar-refractivity contribution >= 4 is 0 Å². The Morgan fingerprint density at radius 3 is 3.00 bits per heavy atom. The third-order valence-electron chi connectivity index (χ3n) is 6.33. The maximum atomic E-state index is 11.3. The second-order valence-corrected chi connectivity index (χ2v) is 7.57. The summed E-state index contributed by atoms with van der Waals surface area (Å²) < 4.78 is 13.6. The molecule has 4 atom stereocenters.